The first-order valence-corrected chi connectivity index (χ1v) is 11.3. The summed E-state index contributed by atoms with van der Waals surface area (Å²) >= 11 is 0. The Morgan fingerprint density at radius 2 is 1.61 bits per heavy atom. The number of aryl methyl sites for hydroxylation is 1. The summed E-state index contributed by atoms with van der Waals surface area (Å²) in [5.41, 5.74) is 1.98. The van der Waals surface area contributed by atoms with Crippen molar-refractivity contribution in [2.45, 2.75) is 19.3 Å². The molecule has 9 nitrogen and oxygen atoms in total. The fourth-order valence-corrected chi connectivity index (χ4v) is 3.31. The second-order valence-corrected chi connectivity index (χ2v) is 7.77. The van der Waals surface area contributed by atoms with Crippen LogP contribution in [-0.2, 0) is 20.8 Å². The van der Waals surface area contributed by atoms with Gasteiger partial charge in [0.05, 0.1) is 12.3 Å². The molecule has 36 heavy (non-hydrogen) atoms. The molecule has 3 aromatic carbocycles. The number of hydrogen-bond donors (Lipinski definition) is 3. The lowest BCUT2D eigenvalue weighted by molar-refractivity contribution is -0.139. The van der Waals surface area contributed by atoms with Crippen LogP contribution in [0.2, 0.25) is 0 Å². The van der Waals surface area contributed by atoms with Crippen LogP contribution in [0, 0.1) is 0 Å². The van der Waals surface area contributed by atoms with Crippen LogP contribution >= 0.6 is 0 Å². The normalized spacial score (nSPS) is 10.2. The summed E-state index contributed by atoms with van der Waals surface area (Å²) < 4.78 is 11.0. The number of carbonyl (C=O) groups is 4. The number of hydrogen-bond acceptors (Lipinski definition) is 6. The summed E-state index contributed by atoms with van der Waals surface area (Å²) in [6, 6.07) is 21.0. The summed E-state index contributed by atoms with van der Waals surface area (Å²) in [6.45, 7) is -0.0672. The third-order valence-electron chi connectivity index (χ3n) is 5.04. The van der Waals surface area contributed by atoms with Crippen molar-refractivity contribution in [2.75, 3.05) is 23.8 Å². The van der Waals surface area contributed by atoms with Gasteiger partial charge in [0.15, 0.2) is 6.61 Å². The molecule has 3 aromatic rings. The summed E-state index contributed by atoms with van der Waals surface area (Å²) in [7, 11) is 0. The summed E-state index contributed by atoms with van der Waals surface area (Å²) in [5.74, 6) is -1.83. The van der Waals surface area contributed by atoms with Crippen LogP contribution < -0.4 is 20.1 Å². The monoisotopic (exact) mass is 490 g/mol. The Hall–Kier alpha value is -4.66. The van der Waals surface area contributed by atoms with Crippen LogP contribution in [0.5, 0.6) is 11.5 Å². The smallest absolute Gasteiger partial charge is 0.341 e. The van der Waals surface area contributed by atoms with Gasteiger partial charge in [-0.15, -0.1) is 0 Å². The van der Waals surface area contributed by atoms with Crippen molar-refractivity contribution in [3.63, 3.8) is 0 Å². The highest BCUT2D eigenvalue weighted by atomic mass is 16.5. The highest BCUT2D eigenvalue weighted by Gasteiger charge is 2.13. The molecule has 3 rings (SSSR count). The zero-order chi connectivity index (χ0) is 25.8. The number of ether oxygens (including phenoxy) is 2. The van der Waals surface area contributed by atoms with E-state index in [1.165, 1.54) is 23.8 Å². The molecule has 0 aliphatic carbocycles. The van der Waals surface area contributed by atoms with E-state index < -0.39 is 24.4 Å². The Balaban J connectivity index is 1.57. The van der Waals surface area contributed by atoms with Gasteiger partial charge >= 0.3 is 5.97 Å². The molecule has 2 amide bonds. The van der Waals surface area contributed by atoms with E-state index in [-0.39, 0.29) is 23.4 Å². The molecule has 0 fully saturated rings. The zero-order valence-electron chi connectivity index (χ0n) is 19.4. The molecular weight excluding hydrogens is 464 g/mol. The van der Waals surface area contributed by atoms with Crippen molar-refractivity contribution in [1.29, 1.82) is 0 Å². The molecule has 0 aliphatic rings. The van der Waals surface area contributed by atoms with Gasteiger partial charge < -0.3 is 25.2 Å². The molecule has 186 valence electrons. The van der Waals surface area contributed by atoms with E-state index >= 15 is 0 Å². The van der Waals surface area contributed by atoms with E-state index in [1.54, 1.807) is 24.3 Å². The van der Waals surface area contributed by atoms with Crippen molar-refractivity contribution in [3.8, 4) is 11.5 Å². The van der Waals surface area contributed by atoms with Gasteiger partial charge in [-0.2, -0.15) is 0 Å². The van der Waals surface area contributed by atoms with Crippen LogP contribution in [0.1, 0.15) is 28.8 Å². The summed E-state index contributed by atoms with van der Waals surface area (Å²) in [5, 5.41) is 13.9. The predicted octanol–water partition coefficient (Wildman–Crippen LogP) is 3.94. The fraction of sp³-hybridized carbons (Fsp3) is 0.185. The molecule has 0 aromatic heterocycles. The zero-order valence-corrected chi connectivity index (χ0v) is 19.4. The number of nitrogens with one attached hydrogen (secondary N) is 2. The van der Waals surface area contributed by atoms with Gasteiger partial charge in [0.2, 0.25) is 6.29 Å². The second-order valence-electron chi connectivity index (χ2n) is 7.77. The van der Waals surface area contributed by atoms with E-state index in [4.69, 9.17) is 14.6 Å². The van der Waals surface area contributed by atoms with Gasteiger partial charge in [0, 0.05) is 11.3 Å². The molecule has 0 heterocycles. The Bertz CT molecular complexity index is 1190. The molecule has 0 spiro atoms. The first kappa shape index (κ1) is 26.0. The highest BCUT2D eigenvalue weighted by molar-refractivity contribution is 6.29. The minimum Gasteiger partial charge on any atom is -0.494 e. The SMILES string of the molecule is O=CC(=O)Nc1ccc(OCC(=O)O)c(NC(=O)c2ccc(OCCCCc3ccccc3)cc2)c1. The average molecular weight is 491 g/mol. The van der Waals surface area contributed by atoms with Crippen LogP contribution in [-0.4, -0.2) is 42.4 Å². The first-order valence-electron chi connectivity index (χ1n) is 11.3. The number of carboxylic acids is 1. The number of benzene rings is 3. The van der Waals surface area contributed by atoms with Gasteiger partial charge in [0.1, 0.15) is 11.5 Å². The van der Waals surface area contributed by atoms with Crippen molar-refractivity contribution in [2.24, 2.45) is 0 Å². The van der Waals surface area contributed by atoms with Crippen LogP contribution in [0.25, 0.3) is 0 Å². The average Bonchev–Trinajstić information content (AvgIpc) is 2.88. The maximum absolute atomic E-state index is 12.8. The number of aliphatic carboxylic acids is 1. The van der Waals surface area contributed by atoms with Crippen LogP contribution in [0.3, 0.4) is 0 Å². The van der Waals surface area contributed by atoms with Crippen molar-refractivity contribution in [1.82, 2.24) is 0 Å². The topological polar surface area (TPSA) is 131 Å². The van der Waals surface area contributed by atoms with Crippen LogP contribution in [0.15, 0.2) is 72.8 Å². The largest absolute Gasteiger partial charge is 0.494 e. The molecular formula is C27H26N2O7. The minimum atomic E-state index is -1.19. The standard InChI is InChI=1S/C27H26N2O7/c30-17-25(31)28-21-11-14-24(36-18-26(32)33)23(16-21)29-27(34)20-9-12-22(13-10-20)35-15-5-4-8-19-6-2-1-3-7-19/h1-3,6-7,9-14,16-17H,4-5,8,15,18H2,(H,28,31)(H,29,34)(H,32,33). The molecule has 0 aliphatic heterocycles. The minimum absolute atomic E-state index is 0.0882. The molecule has 0 bridgehead atoms. The fourth-order valence-electron chi connectivity index (χ4n) is 3.31. The molecule has 9 heteroatoms. The van der Waals surface area contributed by atoms with E-state index in [1.807, 2.05) is 18.2 Å². The first-order chi connectivity index (χ1) is 17.4. The molecule has 3 N–H and O–H groups in total. The van der Waals surface area contributed by atoms with E-state index in [9.17, 15) is 19.2 Å². The van der Waals surface area contributed by atoms with Crippen molar-refractivity contribution in [3.05, 3.63) is 83.9 Å². The summed E-state index contributed by atoms with van der Waals surface area (Å²) in [6.07, 6.45) is 3.00. The lowest BCUT2D eigenvalue weighted by Crippen LogP contribution is -2.16. The highest BCUT2D eigenvalue weighted by Crippen LogP contribution is 2.29. The number of carboxylic acid groups (broad SMARTS) is 1. The van der Waals surface area contributed by atoms with Crippen LogP contribution in [0.4, 0.5) is 11.4 Å². The lowest BCUT2D eigenvalue weighted by Gasteiger charge is -2.14. The Morgan fingerprint density at radius 1 is 0.861 bits per heavy atom. The number of carbonyl (C=O) groups excluding carboxylic acids is 3. The number of aldehydes is 1. The Labute approximate surface area is 208 Å². The molecule has 0 saturated heterocycles. The van der Waals surface area contributed by atoms with Gasteiger partial charge in [-0.3, -0.25) is 14.4 Å². The second kappa shape index (κ2) is 13.3. The maximum Gasteiger partial charge on any atom is 0.341 e. The molecule has 0 saturated carbocycles. The Morgan fingerprint density at radius 3 is 2.31 bits per heavy atom. The van der Waals surface area contributed by atoms with Crippen molar-refractivity contribution < 1.29 is 33.8 Å². The predicted molar refractivity (Wildman–Crippen MR) is 134 cm³/mol. The number of unbranched alkanes of at least 4 members (excludes halogenated alkanes) is 1. The van der Waals surface area contributed by atoms with Crippen molar-refractivity contribution >= 4 is 35.4 Å². The molecule has 0 atom stereocenters. The molecule has 0 radical (unpaired) electrons. The van der Waals surface area contributed by atoms with E-state index in [0.29, 0.717) is 17.9 Å². The summed E-state index contributed by atoms with van der Waals surface area (Å²) in [4.78, 5) is 45.6. The van der Waals surface area contributed by atoms with Gasteiger partial charge in [0.25, 0.3) is 11.8 Å². The maximum atomic E-state index is 12.8. The Kier molecular flexibility index (Phi) is 9.58. The van der Waals surface area contributed by atoms with E-state index in [2.05, 4.69) is 22.8 Å². The lowest BCUT2D eigenvalue weighted by atomic mass is 10.1. The van der Waals surface area contributed by atoms with Gasteiger partial charge in [-0.05, 0) is 67.3 Å². The van der Waals surface area contributed by atoms with Gasteiger partial charge in [-0.25, -0.2) is 4.79 Å². The number of amides is 2. The van der Waals surface area contributed by atoms with Gasteiger partial charge in [-0.1, -0.05) is 30.3 Å². The van der Waals surface area contributed by atoms with E-state index in [0.717, 1.165) is 19.3 Å². The third kappa shape index (κ3) is 8.28. The molecule has 0 unspecified atom stereocenters. The number of rotatable bonds is 13. The quantitative estimate of drug-likeness (QED) is 0.188. The number of anilines is 2. The third-order valence-corrected chi connectivity index (χ3v) is 5.04.